The summed E-state index contributed by atoms with van der Waals surface area (Å²) in [7, 11) is 1.64. The summed E-state index contributed by atoms with van der Waals surface area (Å²) in [6.45, 7) is 6.26. The highest BCUT2D eigenvalue weighted by atomic mass is 19.2. The maximum absolute atomic E-state index is 13.4. The molecule has 0 N–H and O–H groups in total. The molecule has 0 aliphatic carbocycles. The molecule has 1 fully saturated rings. The van der Waals surface area contributed by atoms with Crippen molar-refractivity contribution in [3.63, 3.8) is 0 Å². The van der Waals surface area contributed by atoms with E-state index in [4.69, 9.17) is 0 Å². The lowest BCUT2D eigenvalue weighted by atomic mass is 10.0. The molecule has 1 aromatic carbocycles. The first-order valence-electron chi connectivity index (χ1n) is 8.81. The highest BCUT2D eigenvalue weighted by Gasteiger charge is 2.38. The summed E-state index contributed by atoms with van der Waals surface area (Å²) < 4.78 is 26.5. The molecule has 0 spiro atoms. The molecule has 0 bridgehead atoms. The molecule has 0 radical (unpaired) electrons. The van der Waals surface area contributed by atoms with Gasteiger partial charge in [0.25, 0.3) is 0 Å². The van der Waals surface area contributed by atoms with Crippen molar-refractivity contribution in [3.05, 3.63) is 35.4 Å². The van der Waals surface area contributed by atoms with Crippen LogP contribution in [0.5, 0.6) is 0 Å². The van der Waals surface area contributed by atoms with Gasteiger partial charge < -0.3 is 9.80 Å². The van der Waals surface area contributed by atoms with Gasteiger partial charge in [-0.2, -0.15) is 0 Å². The maximum atomic E-state index is 13.4. The fraction of sp³-hybridized carbons (Fsp3) is 0.579. The zero-order chi connectivity index (χ0) is 18.7. The molecule has 2 atom stereocenters. The van der Waals surface area contributed by atoms with Gasteiger partial charge in [-0.15, -0.1) is 0 Å². The quantitative estimate of drug-likeness (QED) is 0.786. The average molecular weight is 352 g/mol. The van der Waals surface area contributed by atoms with E-state index in [1.54, 1.807) is 18.9 Å². The van der Waals surface area contributed by atoms with E-state index < -0.39 is 17.7 Å². The Morgan fingerprint density at radius 2 is 1.92 bits per heavy atom. The van der Waals surface area contributed by atoms with Gasteiger partial charge in [0, 0.05) is 26.1 Å². The minimum absolute atomic E-state index is 0.0147. The van der Waals surface area contributed by atoms with Gasteiger partial charge in [0.05, 0.1) is 12.0 Å². The molecule has 2 unspecified atom stereocenters. The van der Waals surface area contributed by atoms with Crippen LogP contribution in [0.1, 0.15) is 51.6 Å². The summed E-state index contributed by atoms with van der Waals surface area (Å²) in [5.74, 6) is -2.35. The molecule has 25 heavy (non-hydrogen) atoms. The minimum Gasteiger partial charge on any atom is -0.339 e. The van der Waals surface area contributed by atoms with Crippen LogP contribution in [0.4, 0.5) is 8.78 Å². The SMILES string of the molecule is CCC(CC)N1CC(C(=O)N(C)C(C)c2ccc(F)c(F)c2)CC1=O. The van der Waals surface area contributed by atoms with Crippen molar-refractivity contribution in [2.24, 2.45) is 5.92 Å². The summed E-state index contributed by atoms with van der Waals surface area (Å²) in [6, 6.07) is 3.41. The van der Waals surface area contributed by atoms with Crippen LogP contribution in [-0.2, 0) is 9.59 Å². The first-order chi connectivity index (χ1) is 11.8. The van der Waals surface area contributed by atoms with Crippen LogP contribution in [0.2, 0.25) is 0 Å². The number of nitrogens with zero attached hydrogens (tertiary/aromatic N) is 2. The first kappa shape index (κ1) is 19.3. The molecular weight excluding hydrogens is 326 g/mol. The molecule has 0 aromatic heterocycles. The molecular formula is C19H26F2N2O2. The number of hydrogen-bond donors (Lipinski definition) is 0. The summed E-state index contributed by atoms with van der Waals surface area (Å²) >= 11 is 0. The summed E-state index contributed by atoms with van der Waals surface area (Å²) in [4.78, 5) is 28.4. The number of hydrogen-bond acceptors (Lipinski definition) is 2. The van der Waals surface area contributed by atoms with Gasteiger partial charge in [-0.25, -0.2) is 8.78 Å². The summed E-state index contributed by atoms with van der Waals surface area (Å²) in [5.41, 5.74) is 0.524. The van der Waals surface area contributed by atoms with E-state index in [2.05, 4.69) is 0 Å². The van der Waals surface area contributed by atoms with Gasteiger partial charge in [-0.05, 0) is 37.5 Å². The fourth-order valence-corrected chi connectivity index (χ4v) is 3.45. The molecule has 0 saturated carbocycles. The number of rotatable bonds is 6. The van der Waals surface area contributed by atoms with Crippen LogP contribution in [0.25, 0.3) is 0 Å². The number of carbonyl (C=O) groups is 2. The van der Waals surface area contributed by atoms with Crippen LogP contribution >= 0.6 is 0 Å². The third-order valence-electron chi connectivity index (χ3n) is 5.25. The molecule has 4 nitrogen and oxygen atoms in total. The van der Waals surface area contributed by atoms with Gasteiger partial charge in [0.1, 0.15) is 0 Å². The van der Waals surface area contributed by atoms with E-state index in [0.717, 1.165) is 25.0 Å². The molecule has 2 amide bonds. The molecule has 2 rings (SSSR count). The third-order valence-corrected chi connectivity index (χ3v) is 5.25. The fourth-order valence-electron chi connectivity index (χ4n) is 3.45. The number of carbonyl (C=O) groups excluding carboxylic acids is 2. The predicted octanol–water partition coefficient (Wildman–Crippen LogP) is 3.52. The van der Waals surface area contributed by atoms with Crippen LogP contribution < -0.4 is 0 Å². The Morgan fingerprint density at radius 3 is 2.48 bits per heavy atom. The second-order valence-electron chi connectivity index (χ2n) is 6.72. The maximum Gasteiger partial charge on any atom is 0.228 e. The lowest BCUT2D eigenvalue weighted by molar-refractivity contribution is -0.136. The topological polar surface area (TPSA) is 40.6 Å². The van der Waals surface area contributed by atoms with Crippen molar-refractivity contribution in [3.8, 4) is 0 Å². The van der Waals surface area contributed by atoms with E-state index >= 15 is 0 Å². The lowest BCUT2D eigenvalue weighted by Crippen LogP contribution is -2.39. The average Bonchev–Trinajstić information content (AvgIpc) is 2.98. The molecule has 1 aromatic rings. The van der Waals surface area contributed by atoms with Crippen molar-refractivity contribution in [1.82, 2.24) is 9.80 Å². The zero-order valence-corrected chi connectivity index (χ0v) is 15.3. The number of benzene rings is 1. The van der Waals surface area contributed by atoms with Crippen molar-refractivity contribution in [2.45, 2.75) is 52.1 Å². The van der Waals surface area contributed by atoms with E-state index in [9.17, 15) is 18.4 Å². The highest BCUT2D eigenvalue weighted by molar-refractivity contribution is 5.89. The normalized spacial score (nSPS) is 18.8. The van der Waals surface area contributed by atoms with Crippen LogP contribution in [-0.4, -0.2) is 41.2 Å². The molecule has 6 heteroatoms. The smallest absolute Gasteiger partial charge is 0.228 e. The van der Waals surface area contributed by atoms with E-state index in [0.29, 0.717) is 12.1 Å². The molecule has 1 aliphatic rings. The van der Waals surface area contributed by atoms with E-state index in [1.807, 2.05) is 13.8 Å². The molecule has 1 aliphatic heterocycles. The molecule has 1 heterocycles. The van der Waals surface area contributed by atoms with Crippen molar-refractivity contribution < 1.29 is 18.4 Å². The Kier molecular flexibility index (Phi) is 6.14. The van der Waals surface area contributed by atoms with Crippen molar-refractivity contribution >= 4 is 11.8 Å². The Bertz CT molecular complexity index is 646. The van der Waals surface area contributed by atoms with Gasteiger partial charge in [-0.1, -0.05) is 19.9 Å². The van der Waals surface area contributed by atoms with Gasteiger partial charge in [-0.3, -0.25) is 9.59 Å². The Balaban J connectivity index is 2.09. The van der Waals surface area contributed by atoms with Crippen molar-refractivity contribution in [2.75, 3.05) is 13.6 Å². The Morgan fingerprint density at radius 1 is 1.28 bits per heavy atom. The zero-order valence-electron chi connectivity index (χ0n) is 15.3. The number of amides is 2. The number of halogens is 2. The Hall–Kier alpha value is -1.98. The van der Waals surface area contributed by atoms with Gasteiger partial charge in [0.15, 0.2) is 11.6 Å². The van der Waals surface area contributed by atoms with Crippen LogP contribution in [0, 0.1) is 17.6 Å². The molecule has 138 valence electrons. The standard InChI is InChI=1S/C19H26F2N2O2/c1-5-15(6-2)23-11-14(10-18(23)24)19(25)22(4)12(3)13-7-8-16(20)17(21)9-13/h7-9,12,14-15H,5-6,10-11H2,1-4H3. The van der Waals surface area contributed by atoms with Gasteiger partial charge >= 0.3 is 0 Å². The Labute approximate surface area is 147 Å². The predicted molar refractivity (Wildman–Crippen MR) is 91.7 cm³/mol. The summed E-state index contributed by atoms with van der Waals surface area (Å²) in [6.07, 6.45) is 1.94. The third kappa shape index (κ3) is 3.99. The first-order valence-corrected chi connectivity index (χ1v) is 8.81. The van der Waals surface area contributed by atoms with Gasteiger partial charge in [0.2, 0.25) is 11.8 Å². The summed E-state index contributed by atoms with van der Waals surface area (Å²) in [5, 5.41) is 0. The van der Waals surface area contributed by atoms with Crippen LogP contribution in [0.15, 0.2) is 18.2 Å². The largest absolute Gasteiger partial charge is 0.339 e. The lowest BCUT2D eigenvalue weighted by Gasteiger charge is -2.29. The monoisotopic (exact) mass is 352 g/mol. The van der Waals surface area contributed by atoms with Crippen molar-refractivity contribution in [1.29, 1.82) is 0 Å². The molecule has 1 saturated heterocycles. The van der Waals surface area contributed by atoms with E-state index in [1.165, 1.54) is 11.0 Å². The second-order valence-corrected chi connectivity index (χ2v) is 6.72. The minimum atomic E-state index is -0.929. The van der Waals surface area contributed by atoms with Crippen LogP contribution in [0.3, 0.4) is 0 Å². The highest BCUT2D eigenvalue weighted by Crippen LogP contribution is 2.28. The second kappa shape index (κ2) is 7.93. The number of likely N-dealkylation sites (tertiary alicyclic amines) is 1. The van der Waals surface area contributed by atoms with E-state index in [-0.39, 0.29) is 30.2 Å².